The molecule has 2 heterocycles. The number of likely N-dealkylation sites (tertiary alicyclic amines) is 1. The zero-order valence-electron chi connectivity index (χ0n) is 18.6. The van der Waals surface area contributed by atoms with Gasteiger partial charge in [-0.15, -0.1) is 0 Å². The molecule has 1 saturated heterocycles. The van der Waals surface area contributed by atoms with Crippen molar-refractivity contribution in [1.82, 2.24) is 9.88 Å². The number of anilines is 1. The van der Waals surface area contributed by atoms with Crippen molar-refractivity contribution in [3.63, 3.8) is 0 Å². The van der Waals surface area contributed by atoms with Crippen molar-refractivity contribution >= 4 is 16.6 Å². The number of ether oxygens (including phenoxy) is 3. The molecule has 0 bridgehead atoms. The van der Waals surface area contributed by atoms with Gasteiger partial charge in [0.2, 0.25) is 0 Å². The zero-order valence-corrected chi connectivity index (χ0v) is 18.6. The first-order chi connectivity index (χ1) is 14.7. The molecule has 6 heteroatoms. The van der Waals surface area contributed by atoms with Crippen LogP contribution in [-0.4, -0.2) is 63.0 Å². The molecule has 164 valence electrons. The lowest BCUT2D eigenvalue weighted by Gasteiger charge is -2.21. The molecule has 1 atom stereocenters. The second kappa shape index (κ2) is 9.84. The summed E-state index contributed by atoms with van der Waals surface area (Å²) in [5.41, 5.74) is 4.69. The van der Waals surface area contributed by atoms with Crippen molar-refractivity contribution in [2.75, 3.05) is 52.4 Å². The van der Waals surface area contributed by atoms with E-state index in [4.69, 9.17) is 19.2 Å². The van der Waals surface area contributed by atoms with E-state index in [-0.39, 0.29) is 6.04 Å². The highest BCUT2D eigenvalue weighted by atomic mass is 16.5. The summed E-state index contributed by atoms with van der Waals surface area (Å²) < 4.78 is 17.2. The topological polar surface area (TPSA) is 55.8 Å². The van der Waals surface area contributed by atoms with Gasteiger partial charge in [0.15, 0.2) is 11.5 Å². The lowest BCUT2D eigenvalue weighted by Crippen LogP contribution is -2.22. The van der Waals surface area contributed by atoms with E-state index >= 15 is 0 Å². The molecule has 0 amide bonds. The fourth-order valence-electron chi connectivity index (χ4n) is 4.72. The Morgan fingerprint density at radius 1 is 1.10 bits per heavy atom. The van der Waals surface area contributed by atoms with Gasteiger partial charge in [-0.2, -0.15) is 0 Å². The van der Waals surface area contributed by atoms with E-state index in [9.17, 15) is 0 Å². The largest absolute Gasteiger partial charge is 0.493 e. The Morgan fingerprint density at radius 2 is 1.93 bits per heavy atom. The molecule has 0 spiro atoms. The molecule has 1 aliphatic carbocycles. The standard InChI is InChI=1S/C24H35N3O3/c1-17(16-28-2)25-24-18-8-6-9-20(18)26-21-15-23(22(29-3)14-19(21)24)30-13-7-12-27-10-4-5-11-27/h14-15,17H,4-13,16H2,1-3H3,(H,25,26)/t17-/m0/s1. The van der Waals surface area contributed by atoms with E-state index in [1.165, 1.54) is 42.9 Å². The Balaban J connectivity index is 1.57. The number of hydrogen-bond acceptors (Lipinski definition) is 6. The van der Waals surface area contributed by atoms with Crippen molar-refractivity contribution in [2.45, 2.75) is 51.5 Å². The smallest absolute Gasteiger partial charge is 0.163 e. The first kappa shape index (κ1) is 21.2. The van der Waals surface area contributed by atoms with Gasteiger partial charge >= 0.3 is 0 Å². The monoisotopic (exact) mass is 413 g/mol. The van der Waals surface area contributed by atoms with Gasteiger partial charge in [-0.25, -0.2) is 0 Å². The van der Waals surface area contributed by atoms with Crippen LogP contribution in [0.3, 0.4) is 0 Å². The second-order valence-corrected chi connectivity index (χ2v) is 8.54. The summed E-state index contributed by atoms with van der Waals surface area (Å²) in [5, 5.41) is 4.77. The number of rotatable bonds is 10. The van der Waals surface area contributed by atoms with Crippen LogP contribution in [0.4, 0.5) is 5.69 Å². The first-order valence-electron chi connectivity index (χ1n) is 11.3. The maximum Gasteiger partial charge on any atom is 0.163 e. The number of fused-ring (bicyclic) bond motifs is 2. The zero-order chi connectivity index (χ0) is 20.9. The third-order valence-electron chi connectivity index (χ3n) is 6.18. The lowest BCUT2D eigenvalue weighted by atomic mass is 10.1. The first-order valence-corrected chi connectivity index (χ1v) is 11.3. The molecule has 2 aliphatic rings. The maximum absolute atomic E-state index is 6.14. The maximum atomic E-state index is 6.14. The molecule has 1 aromatic carbocycles. The quantitative estimate of drug-likeness (QED) is 0.593. The highest BCUT2D eigenvalue weighted by molar-refractivity contribution is 5.96. The molecule has 0 saturated carbocycles. The summed E-state index contributed by atoms with van der Waals surface area (Å²) in [6.07, 6.45) is 6.95. The van der Waals surface area contributed by atoms with Gasteiger partial charge in [0.05, 0.1) is 25.8 Å². The average molecular weight is 414 g/mol. The fraction of sp³-hybridized carbons (Fsp3) is 0.625. The Hall–Kier alpha value is -2.05. The Bertz CT molecular complexity index is 865. The van der Waals surface area contributed by atoms with E-state index in [1.807, 2.05) is 0 Å². The van der Waals surface area contributed by atoms with Crippen molar-refractivity contribution in [3.8, 4) is 11.5 Å². The van der Waals surface area contributed by atoms with Crippen LogP contribution in [0.1, 0.15) is 43.9 Å². The molecule has 30 heavy (non-hydrogen) atoms. The van der Waals surface area contributed by atoms with Crippen molar-refractivity contribution in [3.05, 3.63) is 23.4 Å². The average Bonchev–Trinajstić information content (AvgIpc) is 3.42. The summed E-state index contributed by atoms with van der Waals surface area (Å²) in [6, 6.07) is 4.35. The number of benzene rings is 1. The van der Waals surface area contributed by atoms with Crippen LogP contribution in [0.15, 0.2) is 12.1 Å². The van der Waals surface area contributed by atoms with Gasteiger partial charge < -0.3 is 24.4 Å². The number of methoxy groups -OCH3 is 2. The van der Waals surface area contributed by atoms with Crippen LogP contribution in [0.2, 0.25) is 0 Å². The van der Waals surface area contributed by atoms with Gasteiger partial charge in [0, 0.05) is 42.5 Å². The second-order valence-electron chi connectivity index (χ2n) is 8.54. The summed E-state index contributed by atoms with van der Waals surface area (Å²) in [5.74, 6) is 1.55. The van der Waals surface area contributed by atoms with E-state index < -0.39 is 0 Å². The molecule has 1 N–H and O–H groups in total. The normalized spacial score (nSPS) is 17.3. The van der Waals surface area contributed by atoms with E-state index in [0.717, 1.165) is 54.6 Å². The molecular weight excluding hydrogens is 378 g/mol. The molecule has 1 aromatic heterocycles. The van der Waals surface area contributed by atoms with Crippen LogP contribution in [0, 0.1) is 0 Å². The molecule has 1 aliphatic heterocycles. The number of nitrogens with one attached hydrogen (secondary N) is 1. The highest BCUT2D eigenvalue weighted by Gasteiger charge is 2.22. The SMILES string of the molecule is COC[C@H](C)Nc1c2c(nc3cc(OCCCN4CCCC4)c(OC)cc13)CCC2. The predicted octanol–water partition coefficient (Wildman–Crippen LogP) is 4.04. The molecule has 2 aromatic rings. The van der Waals surface area contributed by atoms with Gasteiger partial charge in [0.1, 0.15) is 0 Å². The molecule has 0 radical (unpaired) electrons. The van der Waals surface area contributed by atoms with Crippen molar-refractivity contribution in [1.29, 1.82) is 0 Å². The van der Waals surface area contributed by atoms with Crippen LogP contribution >= 0.6 is 0 Å². The van der Waals surface area contributed by atoms with Gasteiger partial charge in [-0.05, 0) is 70.2 Å². The number of pyridine rings is 1. The Kier molecular flexibility index (Phi) is 6.95. The molecule has 1 fully saturated rings. The van der Waals surface area contributed by atoms with Crippen LogP contribution in [0.5, 0.6) is 11.5 Å². The summed E-state index contributed by atoms with van der Waals surface area (Å²) in [6.45, 7) is 7.06. The minimum Gasteiger partial charge on any atom is -0.493 e. The summed E-state index contributed by atoms with van der Waals surface area (Å²) >= 11 is 0. The summed E-state index contributed by atoms with van der Waals surface area (Å²) in [4.78, 5) is 7.50. The Labute approximate surface area is 179 Å². The fourth-order valence-corrected chi connectivity index (χ4v) is 4.72. The number of aromatic nitrogens is 1. The Morgan fingerprint density at radius 3 is 2.70 bits per heavy atom. The molecule has 6 nitrogen and oxygen atoms in total. The van der Waals surface area contributed by atoms with E-state index in [0.29, 0.717) is 13.2 Å². The van der Waals surface area contributed by atoms with Gasteiger partial charge in [-0.1, -0.05) is 0 Å². The van der Waals surface area contributed by atoms with E-state index in [1.54, 1.807) is 14.2 Å². The minimum atomic E-state index is 0.220. The number of aryl methyl sites for hydroxylation is 1. The van der Waals surface area contributed by atoms with Crippen molar-refractivity contribution < 1.29 is 14.2 Å². The van der Waals surface area contributed by atoms with Crippen LogP contribution in [-0.2, 0) is 17.6 Å². The molecule has 4 rings (SSSR count). The third-order valence-corrected chi connectivity index (χ3v) is 6.18. The van der Waals surface area contributed by atoms with E-state index in [2.05, 4.69) is 29.3 Å². The van der Waals surface area contributed by atoms with Gasteiger partial charge in [0.25, 0.3) is 0 Å². The number of hydrogen-bond donors (Lipinski definition) is 1. The van der Waals surface area contributed by atoms with Gasteiger partial charge in [-0.3, -0.25) is 4.98 Å². The lowest BCUT2D eigenvalue weighted by molar-refractivity contribution is 0.190. The van der Waals surface area contributed by atoms with Crippen LogP contribution < -0.4 is 14.8 Å². The number of nitrogens with zero attached hydrogens (tertiary/aromatic N) is 2. The minimum absolute atomic E-state index is 0.220. The third kappa shape index (κ3) is 4.65. The highest BCUT2D eigenvalue weighted by Crippen LogP contribution is 2.40. The van der Waals surface area contributed by atoms with Crippen LogP contribution in [0.25, 0.3) is 10.9 Å². The predicted molar refractivity (Wildman–Crippen MR) is 121 cm³/mol. The summed E-state index contributed by atoms with van der Waals surface area (Å²) in [7, 11) is 3.45. The van der Waals surface area contributed by atoms with Crippen molar-refractivity contribution in [2.24, 2.45) is 0 Å². The molecule has 0 unspecified atom stereocenters. The molecular formula is C24H35N3O3.